The number of likely N-dealkylation sites (tertiary alicyclic amines) is 1. The Bertz CT molecular complexity index is 1250. The van der Waals surface area contributed by atoms with Gasteiger partial charge in [-0.2, -0.15) is 0 Å². The van der Waals surface area contributed by atoms with Gasteiger partial charge in [-0.05, 0) is 50.2 Å². The number of nitrogens with one attached hydrogen (secondary N) is 1. The highest BCUT2D eigenvalue weighted by molar-refractivity contribution is 6.31. The summed E-state index contributed by atoms with van der Waals surface area (Å²) < 4.78 is 2.22. The van der Waals surface area contributed by atoms with Crippen molar-refractivity contribution in [3.8, 4) is 0 Å². The number of halogens is 1. The van der Waals surface area contributed by atoms with Gasteiger partial charge in [0.1, 0.15) is 5.65 Å². The summed E-state index contributed by atoms with van der Waals surface area (Å²) in [5.74, 6) is 0. The fourth-order valence-corrected chi connectivity index (χ4v) is 4.92. The zero-order valence-corrected chi connectivity index (χ0v) is 17.1. The molecule has 1 N–H and O–H groups in total. The molecule has 3 heterocycles. The number of hydrogen-bond donors (Lipinski definition) is 1. The predicted octanol–water partition coefficient (Wildman–Crippen LogP) is 4.85. The van der Waals surface area contributed by atoms with E-state index in [2.05, 4.69) is 64.8 Å². The number of rotatable bonds is 3. The summed E-state index contributed by atoms with van der Waals surface area (Å²) in [6.45, 7) is 5.36. The summed E-state index contributed by atoms with van der Waals surface area (Å²) in [7, 11) is 2.10. The number of hydrogen-bond acceptors (Lipinski definition) is 2. The van der Waals surface area contributed by atoms with Crippen LogP contribution in [0.4, 0.5) is 0 Å². The fourth-order valence-electron chi connectivity index (χ4n) is 4.74. The third-order valence-corrected chi connectivity index (χ3v) is 6.43. The molecule has 1 unspecified atom stereocenters. The molecular formula is C23H25ClN4. The van der Waals surface area contributed by atoms with Gasteiger partial charge in [0, 0.05) is 34.4 Å². The van der Waals surface area contributed by atoms with E-state index in [0.29, 0.717) is 6.04 Å². The first-order chi connectivity index (χ1) is 13.7. The second-order valence-corrected chi connectivity index (χ2v) is 8.17. The molecule has 5 rings (SSSR count). The molecule has 28 heavy (non-hydrogen) atoms. The molecule has 4 aromatic rings. The summed E-state index contributed by atoms with van der Waals surface area (Å²) in [4.78, 5) is 11.4. The number of aromatic amines is 1. The summed E-state index contributed by atoms with van der Waals surface area (Å²) in [5, 5.41) is 5.33. The van der Waals surface area contributed by atoms with Crippen LogP contribution < -0.4 is 5.36 Å². The van der Waals surface area contributed by atoms with Gasteiger partial charge in [0.2, 0.25) is 0 Å². The number of pyridine rings is 1. The molecule has 0 saturated carbocycles. The molecule has 0 amide bonds. The number of H-pyrrole nitrogens is 1. The predicted molar refractivity (Wildman–Crippen MR) is 118 cm³/mol. The van der Waals surface area contributed by atoms with Gasteiger partial charge in [-0.3, -0.25) is 9.89 Å². The maximum Gasteiger partial charge on any atom is 0.120 e. The molecule has 0 radical (unpaired) electrons. The number of nitrogens with zero attached hydrogens (tertiary/aromatic N) is 3. The lowest BCUT2D eigenvalue weighted by Gasteiger charge is -2.20. The highest BCUT2D eigenvalue weighted by Crippen LogP contribution is 2.27. The maximum atomic E-state index is 6.39. The Kier molecular flexibility index (Phi) is 4.41. The van der Waals surface area contributed by atoms with Crippen molar-refractivity contribution in [2.24, 2.45) is 12.0 Å². The van der Waals surface area contributed by atoms with Gasteiger partial charge in [-0.25, -0.2) is 0 Å². The molecule has 1 saturated heterocycles. The van der Waals surface area contributed by atoms with Crippen molar-refractivity contribution in [1.29, 1.82) is 0 Å². The van der Waals surface area contributed by atoms with Crippen LogP contribution in [0.3, 0.4) is 0 Å². The van der Waals surface area contributed by atoms with E-state index < -0.39 is 0 Å². The molecular weight excluding hydrogens is 368 g/mol. The molecule has 1 atom stereocenters. The van der Waals surface area contributed by atoms with Crippen molar-refractivity contribution in [2.75, 3.05) is 19.6 Å². The molecule has 0 bridgehead atoms. The fraction of sp³-hybridized carbons (Fsp3) is 0.348. The largest absolute Gasteiger partial charge is 0.341 e. The third-order valence-electron chi connectivity index (χ3n) is 6.20. The van der Waals surface area contributed by atoms with Crippen molar-refractivity contribution < 1.29 is 0 Å². The number of benzene rings is 2. The second-order valence-electron chi connectivity index (χ2n) is 7.73. The van der Waals surface area contributed by atoms with Gasteiger partial charge in [-0.15, -0.1) is 0 Å². The molecule has 5 heteroatoms. The quantitative estimate of drug-likeness (QED) is 0.531. The van der Waals surface area contributed by atoms with Crippen LogP contribution in [-0.2, 0) is 7.05 Å². The number of para-hydroxylation sites is 1. The van der Waals surface area contributed by atoms with Crippen LogP contribution in [0.15, 0.2) is 47.5 Å². The standard InChI is InChI=1S/C23H25ClN4/c1-3-28-12-6-7-16(28)14-25-22-18-13-15(24)10-11-20(18)27(2)23-21(22)17-8-4-5-9-19(17)26-23/h4-5,8-11,13,16,26H,3,6-7,12,14H2,1-2H3. The van der Waals surface area contributed by atoms with E-state index in [1.54, 1.807) is 0 Å². The minimum absolute atomic E-state index is 0.536. The summed E-state index contributed by atoms with van der Waals surface area (Å²) in [5.41, 5.74) is 3.39. The van der Waals surface area contributed by atoms with Gasteiger partial charge < -0.3 is 9.55 Å². The van der Waals surface area contributed by atoms with Crippen molar-refractivity contribution >= 4 is 44.4 Å². The van der Waals surface area contributed by atoms with E-state index in [1.165, 1.54) is 30.2 Å². The van der Waals surface area contributed by atoms with Crippen LogP contribution in [-0.4, -0.2) is 40.1 Å². The minimum Gasteiger partial charge on any atom is -0.341 e. The van der Waals surface area contributed by atoms with E-state index in [4.69, 9.17) is 16.6 Å². The van der Waals surface area contributed by atoms with Crippen LogP contribution in [0.1, 0.15) is 19.8 Å². The first kappa shape index (κ1) is 17.8. The summed E-state index contributed by atoms with van der Waals surface area (Å²) in [6.07, 6.45) is 2.50. The first-order valence-corrected chi connectivity index (χ1v) is 10.5. The zero-order valence-electron chi connectivity index (χ0n) is 16.4. The summed E-state index contributed by atoms with van der Waals surface area (Å²) in [6, 6.07) is 15.1. The molecule has 144 valence electrons. The lowest BCUT2D eigenvalue weighted by atomic mass is 10.1. The molecule has 0 aliphatic carbocycles. The molecule has 2 aromatic heterocycles. The third kappa shape index (κ3) is 2.75. The SMILES string of the molecule is CCN1CCCC1CN=c1c2cc(Cl)ccc2n(C)c2[nH]c3ccccc3c12. The van der Waals surface area contributed by atoms with Crippen molar-refractivity contribution in [1.82, 2.24) is 14.5 Å². The van der Waals surface area contributed by atoms with Crippen LogP contribution in [0.2, 0.25) is 5.02 Å². The van der Waals surface area contributed by atoms with E-state index in [1.807, 2.05) is 6.07 Å². The Morgan fingerprint density at radius 2 is 2.04 bits per heavy atom. The van der Waals surface area contributed by atoms with E-state index in [0.717, 1.165) is 45.5 Å². The van der Waals surface area contributed by atoms with Gasteiger partial charge in [-0.1, -0.05) is 36.7 Å². The van der Waals surface area contributed by atoms with Crippen LogP contribution in [0, 0.1) is 0 Å². The molecule has 4 nitrogen and oxygen atoms in total. The van der Waals surface area contributed by atoms with Gasteiger partial charge in [0.25, 0.3) is 0 Å². The minimum atomic E-state index is 0.536. The smallest absolute Gasteiger partial charge is 0.120 e. The summed E-state index contributed by atoms with van der Waals surface area (Å²) >= 11 is 6.39. The van der Waals surface area contributed by atoms with Crippen LogP contribution in [0.25, 0.3) is 32.8 Å². The van der Waals surface area contributed by atoms with Crippen molar-refractivity contribution in [2.45, 2.75) is 25.8 Å². The topological polar surface area (TPSA) is 36.3 Å². The van der Waals surface area contributed by atoms with Gasteiger partial charge in [0.05, 0.1) is 22.8 Å². The molecule has 0 spiro atoms. The number of fused-ring (bicyclic) bond motifs is 4. The molecule has 1 aliphatic heterocycles. The lowest BCUT2D eigenvalue weighted by molar-refractivity contribution is 0.272. The van der Waals surface area contributed by atoms with E-state index in [9.17, 15) is 0 Å². The Morgan fingerprint density at radius 1 is 1.18 bits per heavy atom. The molecule has 1 aliphatic rings. The normalized spacial score (nSPS) is 18.8. The highest BCUT2D eigenvalue weighted by Gasteiger charge is 2.22. The van der Waals surface area contributed by atoms with Crippen molar-refractivity contribution in [3.05, 3.63) is 52.8 Å². The Labute approximate surface area is 169 Å². The first-order valence-electron chi connectivity index (χ1n) is 10.1. The van der Waals surface area contributed by atoms with E-state index in [-0.39, 0.29) is 0 Å². The zero-order chi connectivity index (χ0) is 19.3. The number of aromatic nitrogens is 2. The van der Waals surface area contributed by atoms with Crippen molar-refractivity contribution in [3.63, 3.8) is 0 Å². The van der Waals surface area contributed by atoms with Crippen LogP contribution in [0.5, 0.6) is 0 Å². The average Bonchev–Trinajstić information content (AvgIpc) is 3.32. The lowest BCUT2D eigenvalue weighted by Crippen LogP contribution is -2.32. The Balaban J connectivity index is 1.84. The second kappa shape index (κ2) is 6.94. The Hall–Kier alpha value is -2.30. The monoisotopic (exact) mass is 392 g/mol. The number of likely N-dealkylation sites (N-methyl/N-ethyl adjacent to an activating group) is 1. The van der Waals surface area contributed by atoms with Crippen LogP contribution >= 0.6 is 11.6 Å². The van der Waals surface area contributed by atoms with Gasteiger partial charge >= 0.3 is 0 Å². The molecule has 1 fully saturated rings. The van der Waals surface area contributed by atoms with E-state index >= 15 is 0 Å². The van der Waals surface area contributed by atoms with Gasteiger partial charge in [0.15, 0.2) is 0 Å². The highest BCUT2D eigenvalue weighted by atomic mass is 35.5. The molecule has 2 aromatic carbocycles. The Morgan fingerprint density at radius 3 is 2.89 bits per heavy atom. The average molecular weight is 393 g/mol. The maximum absolute atomic E-state index is 6.39. The number of aryl methyl sites for hydroxylation is 1.